The average molecular weight is 337 g/mol. The van der Waals surface area contributed by atoms with Gasteiger partial charge in [-0.1, -0.05) is 30.3 Å². The van der Waals surface area contributed by atoms with Crippen LogP contribution < -0.4 is 0 Å². The Morgan fingerprint density at radius 2 is 1.71 bits per heavy atom. The van der Waals surface area contributed by atoms with Crippen LogP contribution in [0.3, 0.4) is 0 Å². The molecule has 0 aliphatic carbocycles. The summed E-state index contributed by atoms with van der Waals surface area (Å²) in [5.74, 6) is -2.38. The van der Waals surface area contributed by atoms with E-state index in [1.165, 1.54) is 0 Å². The fourth-order valence-corrected chi connectivity index (χ4v) is 2.28. The van der Waals surface area contributed by atoms with Crippen LogP contribution >= 0.6 is 0 Å². The molecule has 0 saturated carbocycles. The molecule has 0 fully saturated rings. The summed E-state index contributed by atoms with van der Waals surface area (Å²) in [6.45, 7) is 5.03. The van der Waals surface area contributed by atoms with Crippen molar-refractivity contribution >= 4 is 18.0 Å². The fraction of sp³-hybridized carbons (Fsp3) is 0.471. The molecule has 0 heterocycles. The number of amides is 1. The largest absolute Gasteiger partial charge is 0.481 e. The summed E-state index contributed by atoms with van der Waals surface area (Å²) < 4.78 is 5.23. The van der Waals surface area contributed by atoms with E-state index in [1.807, 2.05) is 6.07 Å². The van der Waals surface area contributed by atoms with Crippen LogP contribution in [0.5, 0.6) is 0 Å². The van der Waals surface area contributed by atoms with E-state index in [-0.39, 0.29) is 19.4 Å². The number of rotatable bonds is 7. The molecule has 0 spiro atoms. The van der Waals surface area contributed by atoms with Crippen LogP contribution in [0.15, 0.2) is 30.3 Å². The highest BCUT2D eigenvalue weighted by molar-refractivity contribution is 5.81. The highest BCUT2D eigenvalue weighted by Crippen LogP contribution is 2.22. The lowest BCUT2D eigenvalue weighted by molar-refractivity contribution is -0.146. The molecule has 1 aromatic rings. The molecular formula is C17H23NO6. The number of hydrogen-bond acceptors (Lipinski definition) is 4. The lowest BCUT2D eigenvalue weighted by Crippen LogP contribution is -2.55. The van der Waals surface area contributed by atoms with Gasteiger partial charge in [-0.05, 0) is 32.8 Å². The molecule has 0 aromatic heterocycles. The number of carbonyl (C=O) groups excluding carboxylic acids is 1. The normalized spacial score (nSPS) is 12.3. The van der Waals surface area contributed by atoms with Crippen molar-refractivity contribution in [1.29, 1.82) is 0 Å². The lowest BCUT2D eigenvalue weighted by atomic mass is 10.0. The maximum absolute atomic E-state index is 12.4. The molecule has 1 amide bonds. The number of hydrogen-bond donors (Lipinski definition) is 2. The van der Waals surface area contributed by atoms with E-state index in [0.29, 0.717) is 0 Å². The molecule has 0 unspecified atom stereocenters. The Hall–Kier alpha value is -2.57. The van der Waals surface area contributed by atoms with Crippen LogP contribution in [0, 0.1) is 0 Å². The van der Waals surface area contributed by atoms with Crippen LogP contribution in [0.25, 0.3) is 0 Å². The van der Waals surface area contributed by atoms with Gasteiger partial charge < -0.3 is 14.9 Å². The molecule has 132 valence electrons. The van der Waals surface area contributed by atoms with Crippen LogP contribution in [0.1, 0.15) is 39.2 Å². The van der Waals surface area contributed by atoms with Gasteiger partial charge >= 0.3 is 18.0 Å². The Morgan fingerprint density at radius 3 is 2.17 bits per heavy atom. The molecule has 1 aromatic carbocycles. The standard InChI is InChI=1S/C17H23NO6/c1-17(2,3)18(13(15(21)22)9-10-14(19)20)16(23)24-11-12-7-5-4-6-8-12/h4-8,13H,9-11H2,1-3H3,(H,19,20)(H,21,22)/t13-/m1/s1. The first-order valence-electron chi connectivity index (χ1n) is 7.57. The minimum atomic E-state index is -1.27. The zero-order chi connectivity index (χ0) is 18.3. The summed E-state index contributed by atoms with van der Waals surface area (Å²) in [7, 11) is 0. The van der Waals surface area contributed by atoms with Crippen LogP contribution in [0.2, 0.25) is 0 Å². The average Bonchev–Trinajstić information content (AvgIpc) is 2.48. The Balaban J connectivity index is 2.91. The Morgan fingerprint density at radius 1 is 1.12 bits per heavy atom. The molecule has 7 nitrogen and oxygen atoms in total. The van der Waals surface area contributed by atoms with Gasteiger partial charge in [0.15, 0.2) is 0 Å². The SMILES string of the molecule is CC(C)(C)N(C(=O)OCc1ccccc1)[C@H](CCC(=O)O)C(=O)O. The number of aliphatic carboxylic acids is 2. The summed E-state index contributed by atoms with van der Waals surface area (Å²) in [4.78, 5) is 35.8. The van der Waals surface area contributed by atoms with Crippen molar-refractivity contribution in [2.24, 2.45) is 0 Å². The Bertz CT molecular complexity index is 578. The van der Waals surface area contributed by atoms with Crippen molar-refractivity contribution in [3.63, 3.8) is 0 Å². The number of nitrogens with zero attached hydrogens (tertiary/aromatic N) is 1. The van der Waals surface area contributed by atoms with Gasteiger partial charge in [0.2, 0.25) is 0 Å². The topological polar surface area (TPSA) is 104 Å². The fourth-order valence-electron chi connectivity index (χ4n) is 2.28. The number of ether oxygens (including phenoxy) is 1. The summed E-state index contributed by atoms with van der Waals surface area (Å²) >= 11 is 0. The molecule has 1 rings (SSSR count). The van der Waals surface area contributed by atoms with E-state index >= 15 is 0 Å². The van der Waals surface area contributed by atoms with Crippen molar-refractivity contribution in [3.05, 3.63) is 35.9 Å². The minimum absolute atomic E-state index is 0.0114. The second kappa shape index (κ2) is 8.33. The summed E-state index contributed by atoms with van der Waals surface area (Å²) in [6.07, 6.45) is -1.33. The van der Waals surface area contributed by atoms with E-state index in [0.717, 1.165) is 10.5 Å². The molecule has 0 saturated heterocycles. The Labute approximate surface area is 140 Å². The van der Waals surface area contributed by atoms with Gasteiger partial charge in [-0.3, -0.25) is 9.69 Å². The van der Waals surface area contributed by atoms with Gasteiger partial charge in [-0.25, -0.2) is 9.59 Å². The van der Waals surface area contributed by atoms with Crippen molar-refractivity contribution < 1.29 is 29.3 Å². The lowest BCUT2D eigenvalue weighted by Gasteiger charge is -2.38. The first-order chi connectivity index (χ1) is 11.1. The smallest absolute Gasteiger partial charge is 0.411 e. The summed E-state index contributed by atoms with van der Waals surface area (Å²) in [5.41, 5.74) is -0.0629. The third kappa shape index (κ3) is 5.91. The van der Waals surface area contributed by atoms with Crippen molar-refractivity contribution in [3.8, 4) is 0 Å². The van der Waals surface area contributed by atoms with Gasteiger partial charge in [0, 0.05) is 12.0 Å². The van der Waals surface area contributed by atoms with E-state index in [2.05, 4.69) is 0 Å². The van der Waals surface area contributed by atoms with E-state index in [9.17, 15) is 19.5 Å². The molecule has 0 aliphatic heterocycles. The quantitative estimate of drug-likeness (QED) is 0.793. The molecule has 0 radical (unpaired) electrons. The maximum Gasteiger partial charge on any atom is 0.411 e. The zero-order valence-corrected chi connectivity index (χ0v) is 14.1. The number of carboxylic acids is 2. The first-order valence-corrected chi connectivity index (χ1v) is 7.57. The van der Waals surface area contributed by atoms with Crippen LogP contribution in [-0.2, 0) is 20.9 Å². The number of benzene rings is 1. The van der Waals surface area contributed by atoms with Gasteiger partial charge in [0.1, 0.15) is 12.6 Å². The number of carboxylic acid groups (broad SMARTS) is 2. The third-order valence-electron chi connectivity index (χ3n) is 3.35. The Kier molecular flexibility index (Phi) is 6.76. The van der Waals surface area contributed by atoms with E-state index in [1.54, 1.807) is 45.0 Å². The molecular weight excluding hydrogens is 314 g/mol. The molecule has 7 heteroatoms. The second-order valence-electron chi connectivity index (χ2n) is 6.37. The van der Waals surface area contributed by atoms with Crippen LogP contribution in [-0.4, -0.2) is 44.7 Å². The van der Waals surface area contributed by atoms with E-state index in [4.69, 9.17) is 9.84 Å². The first kappa shape index (κ1) is 19.5. The number of carbonyl (C=O) groups is 3. The zero-order valence-electron chi connectivity index (χ0n) is 14.1. The highest BCUT2D eigenvalue weighted by atomic mass is 16.6. The van der Waals surface area contributed by atoms with E-state index < -0.39 is 29.6 Å². The monoisotopic (exact) mass is 337 g/mol. The maximum atomic E-state index is 12.4. The molecule has 0 bridgehead atoms. The molecule has 24 heavy (non-hydrogen) atoms. The van der Waals surface area contributed by atoms with Crippen molar-refractivity contribution in [2.45, 2.75) is 51.8 Å². The predicted molar refractivity (Wildman–Crippen MR) is 86.5 cm³/mol. The summed E-state index contributed by atoms with van der Waals surface area (Å²) in [6, 6.07) is 7.74. The van der Waals surface area contributed by atoms with Gasteiger partial charge in [0.05, 0.1) is 0 Å². The minimum Gasteiger partial charge on any atom is -0.481 e. The van der Waals surface area contributed by atoms with Gasteiger partial charge in [-0.2, -0.15) is 0 Å². The molecule has 2 N–H and O–H groups in total. The molecule has 0 aliphatic rings. The van der Waals surface area contributed by atoms with Gasteiger partial charge in [-0.15, -0.1) is 0 Å². The van der Waals surface area contributed by atoms with Crippen LogP contribution in [0.4, 0.5) is 4.79 Å². The third-order valence-corrected chi connectivity index (χ3v) is 3.35. The second-order valence-corrected chi connectivity index (χ2v) is 6.37. The van der Waals surface area contributed by atoms with Crippen molar-refractivity contribution in [1.82, 2.24) is 4.90 Å². The van der Waals surface area contributed by atoms with Gasteiger partial charge in [0.25, 0.3) is 0 Å². The highest BCUT2D eigenvalue weighted by Gasteiger charge is 2.38. The summed E-state index contributed by atoms with van der Waals surface area (Å²) in [5, 5.41) is 18.2. The molecule has 1 atom stereocenters. The predicted octanol–water partition coefficient (Wildman–Crippen LogP) is 2.74. The van der Waals surface area contributed by atoms with Crippen molar-refractivity contribution in [2.75, 3.05) is 0 Å².